The van der Waals surface area contributed by atoms with Crippen LogP contribution in [0.15, 0.2) is 0 Å². The van der Waals surface area contributed by atoms with Crippen molar-refractivity contribution in [3.05, 3.63) is 0 Å². The van der Waals surface area contributed by atoms with Crippen molar-refractivity contribution in [2.45, 2.75) is 12.5 Å². The smallest absolute Gasteiger partial charge is 0.327 e. The van der Waals surface area contributed by atoms with E-state index in [1.165, 1.54) is 21.6 Å². The van der Waals surface area contributed by atoms with Crippen molar-refractivity contribution in [1.29, 1.82) is 0 Å². The zero-order valence-corrected chi connectivity index (χ0v) is 11.2. The van der Waals surface area contributed by atoms with Gasteiger partial charge in [-0.05, 0) is 0 Å². The van der Waals surface area contributed by atoms with Crippen molar-refractivity contribution >= 4 is 29.7 Å². The van der Waals surface area contributed by atoms with Crippen LogP contribution < -0.4 is 5.32 Å². The second kappa shape index (κ2) is 6.48. The number of aliphatic carboxylic acids is 1. The van der Waals surface area contributed by atoms with E-state index in [4.69, 9.17) is 5.11 Å². The lowest BCUT2D eigenvalue weighted by molar-refractivity contribution is -0.140. The van der Waals surface area contributed by atoms with E-state index < -0.39 is 18.0 Å². The van der Waals surface area contributed by atoms with Crippen LogP contribution in [0.25, 0.3) is 0 Å². The van der Waals surface area contributed by atoms with E-state index in [-0.39, 0.29) is 18.9 Å². The van der Waals surface area contributed by atoms with Crippen molar-refractivity contribution < 1.29 is 19.5 Å². The molecule has 1 atom stereocenters. The van der Waals surface area contributed by atoms with Crippen LogP contribution in [-0.4, -0.2) is 71.1 Å². The molecule has 0 aromatic heterocycles. The average Bonchev–Trinajstić information content (AvgIpc) is 2.77. The quantitative estimate of drug-likeness (QED) is 0.731. The first-order chi connectivity index (χ1) is 8.43. The maximum atomic E-state index is 11.7. The summed E-state index contributed by atoms with van der Waals surface area (Å²) in [5, 5.41) is 11.5. The summed E-state index contributed by atoms with van der Waals surface area (Å²) >= 11 is 1.40. The standard InChI is InChI=1S/C10H17N3O4S/c1-12(2)8(14)3-4-11-10(17)13-6-18-5-7(13)9(15)16/h7H,3-6H2,1-2H3,(H,11,17)(H,15,16)/t7-/m0/s1. The Morgan fingerprint density at radius 2 is 2.11 bits per heavy atom. The maximum Gasteiger partial charge on any atom is 0.327 e. The lowest BCUT2D eigenvalue weighted by atomic mass is 10.3. The molecule has 1 saturated heterocycles. The Bertz CT molecular complexity index is 348. The highest BCUT2D eigenvalue weighted by atomic mass is 32.2. The van der Waals surface area contributed by atoms with E-state index >= 15 is 0 Å². The van der Waals surface area contributed by atoms with Crippen LogP contribution in [0.4, 0.5) is 4.79 Å². The van der Waals surface area contributed by atoms with Gasteiger partial charge in [0.05, 0.1) is 5.88 Å². The summed E-state index contributed by atoms with van der Waals surface area (Å²) in [5.41, 5.74) is 0. The van der Waals surface area contributed by atoms with E-state index in [0.717, 1.165) is 0 Å². The van der Waals surface area contributed by atoms with Gasteiger partial charge in [-0.2, -0.15) is 0 Å². The van der Waals surface area contributed by atoms with Crippen LogP contribution in [0.1, 0.15) is 6.42 Å². The maximum absolute atomic E-state index is 11.7. The van der Waals surface area contributed by atoms with E-state index in [1.54, 1.807) is 14.1 Å². The molecular weight excluding hydrogens is 258 g/mol. The number of hydrogen-bond donors (Lipinski definition) is 2. The molecule has 8 heteroatoms. The number of nitrogens with one attached hydrogen (secondary N) is 1. The van der Waals surface area contributed by atoms with Gasteiger partial charge in [0, 0.05) is 32.8 Å². The summed E-state index contributed by atoms with van der Waals surface area (Å²) in [6.07, 6.45) is 0.206. The molecule has 1 heterocycles. The van der Waals surface area contributed by atoms with Gasteiger partial charge < -0.3 is 20.2 Å². The number of hydrogen-bond acceptors (Lipinski definition) is 4. The van der Waals surface area contributed by atoms with Gasteiger partial charge in [-0.25, -0.2) is 9.59 Å². The molecule has 0 radical (unpaired) electrons. The van der Waals surface area contributed by atoms with E-state index in [1.807, 2.05) is 0 Å². The highest BCUT2D eigenvalue weighted by Gasteiger charge is 2.34. The van der Waals surface area contributed by atoms with Crippen LogP contribution in [0.5, 0.6) is 0 Å². The van der Waals surface area contributed by atoms with Gasteiger partial charge in [0.2, 0.25) is 5.91 Å². The third kappa shape index (κ3) is 3.80. The fourth-order valence-electron chi connectivity index (χ4n) is 1.45. The summed E-state index contributed by atoms with van der Waals surface area (Å²) in [4.78, 5) is 36.6. The number of thioether (sulfide) groups is 1. The Kier molecular flexibility index (Phi) is 5.26. The molecule has 0 aliphatic carbocycles. The molecule has 0 aromatic rings. The molecule has 3 amide bonds. The number of rotatable bonds is 4. The number of nitrogens with zero attached hydrogens (tertiary/aromatic N) is 2. The van der Waals surface area contributed by atoms with Gasteiger partial charge in [-0.3, -0.25) is 4.79 Å². The van der Waals surface area contributed by atoms with Crippen molar-refractivity contribution in [1.82, 2.24) is 15.1 Å². The fraction of sp³-hybridized carbons (Fsp3) is 0.700. The molecule has 0 unspecified atom stereocenters. The molecule has 2 N–H and O–H groups in total. The molecule has 0 aromatic carbocycles. The van der Waals surface area contributed by atoms with Gasteiger partial charge in [-0.1, -0.05) is 0 Å². The monoisotopic (exact) mass is 275 g/mol. The average molecular weight is 275 g/mol. The van der Waals surface area contributed by atoms with Gasteiger partial charge >= 0.3 is 12.0 Å². The number of carbonyl (C=O) groups is 3. The first kappa shape index (κ1) is 14.6. The summed E-state index contributed by atoms with van der Waals surface area (Å²) in [7, 11) is 3.28. The van der Waals surface area contributed by atoms with E-state index in [0.29, 0.717) is 11.6 Å². The Labute approximate surface area is 109 Å². The predicted molar refractivity (Wildman–Crippen MR) is 67.3 cm³/mol. The van der Waals surface area contributed by atoms with E-state index in [9.17, 15) is 14.4 Å². The largest absolute Gasteiger partial charge is 0.480 e. The van der Waals surface area contributed by atoms with E-state index in [2.05, 4.69) is 5.32 Å². The number of carboxylic acid groups (broad SMARTS) is 1. The summed E-state index contributed by atoms with van der Waals surface area (Å²) < 4.78 is 0. The molecule has 1 aliphatic heterocycles. The Morgan fingerprint density at radius 1 is 1.44 bits per heavy atom. The number of carbonyl (C=O) groups excluding carboxylic acids is 2. The highest BCUT2D eigenvalue weighted by Crippen LogP contribution is 2.20. The SMILES string of the molecule is CN(C)C(=O)CCNC(=O)N1CSC[C@H]1C(=O)O. The normalized spacial score (nSPS) is 18.6. The van der Waals surface area contributed by atoms with Crippen LogP contribution in [-0.2, 0) is 9.59 Å². The van der Waals surface area contributed by atoms with Gasteiger partial charge in [0.25, 0.3) is 0 Å². The predicted octanol–water partition coefficient (Wildman–Crippen LogP) is -0.366. The second-order valence-electron chi connectivity index (χ2n) is 4.09. The third-order valence-electron chi connectivity index (χ3n) is 2.54. The lowest BCUT2D eigenvalue weighted by Gasteiger charge is -2.21. The number of carboxylic acids is 1. The third-order valence-corrected chi connectivity index (χ3v) is 3.55. The number of urea groups is 1. The molecular formula is C10H17N3O4S. The minimum absolute atomic E-state index is 0.0825. The topological polar surface area (TPSA) is 90.0 Å². The van der Waals surface area contributed by atoms with Crippen molar-refractivity contribution in [2.75, 3.05) is 32.3 Å². The Balaban J connectivity index is 2.37. The summed E-state index contributed by atoms with van der Waals surface area (Å²) in [6.45, 7) is 0.212. The Hall–Kier alpha value is -1.44. The molecule has 0 spiro atoms. The molecule has 102 valence electrons. The van der Waals surface area contributed by atoms with Gasteiger partial charge in [0.15, 0.2) is 0 Å². The van der Waals surface area contributed by atoms with Crippen LogP contribution in [0, 0.1) is 0 Å². The minimum atomic E-state index is -1.00. The van der Waals surface area contributed by atoms with Crippen molar-refractivity contribution in [3.8, 4) is 0 Å². The molecule has 1 aliphatic rings. The molecule has 7 nitrogen and oxygen atoms in total. The van der Waals surface area contributed by atoms with Crippen LogP contribution >= 0.6 is 11.8 Å². The minimum Gasteiger partial charge on any atom is -0.480 e. The molecule has 0 bridgehead atoms. The lowest BCUT2D eigenvalue weighted by Crippen LogP contribution is -2.47. The Morgan fingerprint density at radius 3 is 2.67 bits per heavy atom. The van der Waals surface area contributed by atoms with Crippen LogP contribution in [0.2, 0.25) is 0 Å². The van der Waals surface area contributed by atoms with Gasteiger partial charge in [0.1, 0.15) is 6.04 Å². The fourth-order valence-corrected chi connectivity index (χ4v) is 2.59. The second-order valence-corrected chi connectivity index (χ2v) is 5.09. The highest BCUT2D eigenvalue weighted by molar-refractivity contribution is 7.99. The zero-order chi connectivity index (χ0) is 13.7. The first-order valence-corrected chi connectivity index (χ1v) is 6.64. The summed E-state index contributed by atoms with van der Waals surface area (Å²) in [6, 6.07) is -1.21. The van der Waals surface area contributed by atoms with Gasteiger partial charge in [-0.15, -0.1) is 11.8 Å². The van der Waals surface area contributed by atoms with Crippen LogP contribution in [0.3, 0.4) is 0 Å². The molecule has 0 saturated carbocycles. The van der Waals surface area contributed by atoms with Crippen molar-refractivity contribution in [2.24, 2.45) is 0 Å². The summed E-state index contributed by atoms with van der Waals surface area (Å²) in [5.74, 6) is -0.315. The van der Waals surface area contributed by atoms with Crippen molar-refractivity contribution in [3.63, 3.8) is 0 Å². The zero-order valence-electron chi connectivity index (χ0n) is 10.4. The molecule has 18 heavy (non-hydrogen) atoms. The molecule has 1 fully saturated rings. The first-order valence-electron chi connectivity index (χ1n) is 5.48. The molecule has 1 rings (SSSR count). The number of amides is 3.